The van der Waals surface area contributed by atoms with E-state index in [-0.39, 0.29) is 18.6 Å². The van der Waals surface area contributed by atoms with Crippen molar-refractivity contribution in [3.63, 3.8) is 0 Å². The highest BCUT2D eigenvalue weighted by Crippen LogP contribution is 2.24. The number of aliphatic hydroxyl groups is 1. The van der Waals surface area contributed by atoms with E-state index in [1.54, 1.807) is 19.2 Å². The average molecular weight is 280 g/mol. The van der Waals surface area contributed by atoms with Crippen LogP contribution in [0.3, 0.4) is 0 Å². The molecule has 5 heteroatoms. The summed E-state index contributed by atoms with van der Waals surface area (Å²) in [6.45, 7) is 0.220. The Kier molecular flexibility index (Phi) is 4.95. The maximum atomic E-state index is 13.6. The van der Waals surface area contributed by atoms with Crippen molar-refractivity contribution in [1.82, 2.24) is 5.32 Å². The van der Waals surface area contributed by atoms with Crippen molar-refractivity contribution < 1.29 is 14.3 Å². The van der Waals surface area contributed by atoms with E-state index < -0.39 is 5.82 Å². The van der Waals surface area contributed by atoms with Crippen LogP contribution in [0.4, 0.5) is 10.1 Å². The van der Waals surface area contributed by atoms with Gasteiger partial charge in [-0.3, -0.25) is 4.79 Å². The second-order valence-electron chi connectivity index (χ2n) is 5.32. The summed E-state index contributed by atoms with van der Waals surface area (Å²) in [5.74, 6) is -0.307. The van der Waals surface area contributed by atoms with Gasteiger partial charge in [0, 0.05) is 25.3 Å². The van der Waals surface area contributed by atoms with Crippen molar-refractivity contribution in [3.8, 4) is 0 Å². The predicted molar refractivity (Wildman–Crippen MR) is 76.2 cm³/mol. The number of hydrogen-bond donors (Lipinski definition) is 3. The Hall–Kier alpha value is -1.62. The molecule has 1 fully saturated rings. The zero-order valence-corrected chi connectivity index (χ0v) is 11.7. The van der Waals surface area contributed by atoms with Crippen LogP contribution in [0.25, 0.3) is 0 Å². The lowest BCUT2D eigenvalue weighted by atomic mass is 9.86. The number of hydrogen-bond acceptors (Lipinski definition) is 3. The highest BCUT2D eigenvalue weighted by Gasteiger charge is 2.22. The topological polar surface area (TPSA) is 61.4 Å². The summed E-state index contributed by atoms with van der Waals surface area (Å²) >= 11 is 0. The number of halogens is 1. The number of amides is 1. The fraction of sp³-hybridized carbons (Fsp3) is 0.533. The molecule has 20 heavy (non-hydrogen) atoms. The molecule has 1 saturated carbocycles. The largest absolute Gasteiger partial charge is 0.396 e. The molecule has 1 amide bonds. The van der Waals surface area contributed by atoms with Gasteiger partial charge >= 0.3 is 0 Å². The molecule has 0 aliphatic heterocycles. The molecule has 2 rings (SSSR count). The van der Waals surface area contributed by atoms with E-state index >= 15 is 0 Å². The summed E-state index contributed by atoms with van der Waals surface area (Å²) < 4.78 is 13.6. The first-order valence-corrected chi connectivity index (χ1v) is 7.03. The highest BCUT2D eigenvalue weighted by atomic mass is 19.1. The van der Waals surface area contributed by atoms with Gasteiger partial charge in [-0.25, -0.2) is 4.39 Å². The molecule has 0 unspecified atom stereocenters. The van der Waals surface area contributed by atoms with Crippen molar-refractivity contribution >= 4 is 11.6 Å². The van der Waals surface area contributed by atoms with Crippen LogP contribution in [0.2, 0.25) is 0 Å². The number of rotatable bonds is 4. The molecule has 0 atom stereocenters. The number of carbonyl (C=O) groups excluding carboxylic acids is 1. The van der Waals surface area contributed by atoms with E-state index in [9.17, 15) is 9.18 Å². The van der Waals surface area contributed by atoms with E-state index in [0.29, 0.717) is 17.2 Å². The molecular weight excluding hydrogens is 259 g/mol. The minimum atomic E-state index is -0.427. The molecule has 1 aliphatic rings. The SMILES string of the molecule is CNc1ccc(C(=O)NC2CCC(CO)CC2)cc1F. The molecule has 4 nitrogen and oxygen atoms in total. The smallest absolute Gasteiger partial charge is 0.251 e. The third-order valence-corrected chi connectivity index (χ3v) is 3.94. The molecular formula is C15H21FN2O2. The van der Waals surface area contributed by atoms with Gasteiger partial charge in [-0.15, -0.1) is 0 Å². The Labute approximate surface area is 118 Å². The van der Waals surface area contributed by atoms with Crippen LogP contribution in [-0.2, 0) is 0 Å². The fourth-order valence-corrected chi connectivity index (χ4v) is 2.62. The first kappa shape index (κ1) is 14.8. The molecule has 1 aliphatic carbocycles. The monoisotopic (exact) mass is 280 g/mol. The van der Waals surface area contributed by atoms with E-state index in [1.807, 2.05) is 0 Å². The summed E-state index contributed by atoms with van der Waals surface area (Å²) in [4.78, 5) is 12.1. The van der Waals surface area contributed by atoms with E-state index in [4.69, 9.17) is 5.11 Å². The molecule has 1 aromatic carbocycles. The van der Waals surface area contributed by atoms with E-state index in [1.165, 1.54) is 6.07 Å². The Bertz CT molecular complexity index is 471. The van der Waals surface area contributed by atoms with Gasteiger partial charge in [0.2, 0.25) is 0 Å². The summed E-state index contributed by atoms with van der Waals surface area (Å²) in [5.41, 5.74) is 0.718. The van der Waals surface area contributed by atoms with E-state index in [0.717, 1.165) is 25.7 Å². The normalized spacial score (nSPS) is 22.4. The summed E-state index contributed by atoms with van der Waals surface area (Å²) in [7, 11) is 1.64. The zero-order chi connectivity index (χ0) is 14.5. The van der Waals surface area contributed by atoms with Crippen LogP contribution in [-0.4, -0.2) is 30.7 Å². The number of carbonyl (C=O) groups is 1. The van der Waals surface area contributed by atoms with Gasteiger partial charge in [0.1, 0.15) is 5.82 Å². The number of aliphatic hydroxyl groups excluding tert-OH is 1. The second kappa shape index (κ2) is 6.70. The third-order valence-electron chi connectivity index (χ3n) is 3.94. The molecule has 0 radical (unpaired) electrons. The van der Waals surface area contributed by atoms with Crippen molar-refractivity contribution in [3.05, 3.63) is 29.6 Å². The lowest BCUT2D eigenvalue weighted by molar-refractivity contribution is 0.0913. The van der Waals surface area contributed by atoms with Gasteiger partial charge < -0.3 is 15.7 Å². The quantitative estimate of drug-likeness (QED) is 0.792. The van der Waals surface area contributed by atoms with Gasteiger partial charge in [0.25, 0.3) is 5.91 Å². The minimum absolute atomic E-state index is 0.123. The van der Waals surface area contributed by atoms with Gasteiger partial charge in [0.05, 0.1) is 5.69 Å². The molecule has 1 aromatic rings. The number of nitrogens with one attached hydrogen (secondary N) is 2. The second-order valence-corrected chi connectivity index (χ2v) is 5.32. The van der Waals surface area contributed by atoms with Crippen LogP contribution < -0.4 is 10.6 Å². The zero-order valence-electron chi connectivity index (χ0n) is 11.7. The molecule has 110 valence electrons. The van der Waals surface area contributed by atoms with Crippen LogP contribution >= 0.6 is 0 Å². The average Bonchev–Trinajstić information content (AvgIpc) is 2.48. The number of benzene rings is 1. The maximum absolute atomic E-state index is 13.6. The lowest BCUT2D eigenvalue weighted by Gasteiger charge is -2.28. The first-order valence-electron chi connectivity index (χ1n) is 7.03. The molecule has 0 heterocycles. The summed E-state index contributed by atoms with van der Waals surface area (Å²) in [5, 5.41) is 14.7. The molecule has 0 bridgehead atoms. The van der Waals surface area contributed by atoms with Gasteiger partial charge in [-0.05, 0) is 49.8 Å². The van der Waals surface area contributed by atoms with Crippen molar-refractivity contribution in [2.24, 2.45) is 5.92 Å². The van der Waals surface area contributed by atoms with E-state index in [2.05, 4.69) is 10.6 Å². The van der Waals surface area contributed by atoms with Crippen LogP contribution in [0.15, 0.2) is 18.2 Å². The number of anilines is 1. The highest BCUT2D eigenvalue weighted by molar-refractivity contribution is 5.94. The standard InChI is InChI=1S/C15H21FN2O2/c1-17-14-7-4-11(8-13(14)16)15(20)18-12-5-2-10(9-19)3-6-12/h4,7-8,10,12,17,19H,2-3,5-6,9H2,1H3,(H,18,20). The van der Waals surface area contributed by atoms with Crippen LogP contribution in [0.1, 0.15) is 36.0 Å². The minimum Gasteiger partial charge on any atom is -0.396 e. The van der Waals surface area contributed by atoms with Crippen LogP contribution in [0.5, 0.6) is 0 Å². The van der Waals surface area contributed by atoms with Crippen molar-refractivity contribution in [2.45, 2.75) is 31.7 Å². The first-order chi connectivity index (χ1) is 9.63. The van der Waals surface area contributed by atoms with Gasteiger partial charge in [-0.2, -0.15) is 0 Å². The Morgan fingerprint density at radius 2 is 2.05 bits per heavy atom. The van der Waals surface area contributed by atoms with Crippen molar-refractivity contribution in [1.29, 1.82) is 0 Å². The van der Waals surface area contributed by atoms with Crippen molar-refractivity contribution in [2.75, 3.05) is 19.0 Å². The Morgan fingerprint density at radius 1 is 1.35 bits per heavy atom. The summed E-state index contributed by atoms with van der Waals surface area (Å²) in [6, 6.07) is 4.55. The molecule has 3 N–H and O–H groups in total. The Balaban J connectivity index is 1.93. The third kappa shape index (κ3) is 3.48. The van der Waals surface area contributed by atoms with Crippen LogP contribution in [0, 0.1) is 11.7 Å². The van der Waals surface area contributed by atoms with Gasteiger partial charge in [0.15, 0.2) is 0 Å². The Morgan fingerprint density at radius 3 is 2.60 bits per heavy atom. The fourth-order valence-electron chi connectivity index (χ4n) is 2.62. The maximum Gasteiger partial charge on any atom is 0.251 e. The molecule has 0 spiro atoms. The molecule has 0 aromatic heterocycles. The molecule has 0 saturated heterocycles. The van der Waals surface area contributed by atoms with Gasteiger partial charge in [-0.1, -0.05) is 0 Å². The lowest BCUT2D eigenvalue weighted by Crippen LogP contribution is -2.38. The predicted octanol–water partition coefficient (Wildman–Crippen LogP) is 2.15. The summed E-state index contributed by atoms with van der Waals surface area (Å²) in [6.07, 6.45) is 3.59.